The predicted octanol–water partition coefficient (Wildman–Crippen LogP) is 1.44. The number of benzene rings is 1. The number of ether oxygens (including phenoxy) is 1. The van der Waals surface area contributed by atoms with E-state index in [2.05, 4.69) is 0 Å². The van der Waals surface area contributed by atoms with Crippen LogP contribution in [0.15, 0.2) is 18.2 Å². The van der Waals surface area contributed by atoms with Crippen LogP contribution in [0.2, 0.25) is 0 Å². The molecule has 2 aliphatic rings. The molecule has 2 heterocycles. The summed E-state index contributed by atoms with van der Waals surface area (Å²) >= 11 is 0. The Balaban J connectivity index is 1.83. The SMILES string of the molecule is CC1(C)OB(c2ccc(N3C[C@H](CO)OC3=O)cc2F)OC1(C)C. The van der Waals surface area contributed by atoms with Crippen LogP contribution in [-0.4, -0.2) is 48.8 Å². The number of aliphatic hydroxyl groups is 1. The van der Waals surface area contributed by atoms with Gasteiger partial charge in [-0.15, -0.1) is 0 Å². The first-order chi connectivity index (χ1) is 11.1. The van der Waals surface area contributed by atoms with Crippen LogP contribution in [0.25, 0.3) is 0 Å². The zero-order valence-corrected chi connectivity index (χ0v) is 14.2. The lowest BCUT2D eigenvalue weighted by atomic mass is 9.78. The first-order valence-corrected chi connectivity index (χ1v) is 7.89. The summed E-state index contributed by atoms with van der Waals surface area (Å²) in [5.74, 6) is -0.522. The van der Waals surface area contributed by atoms with Crippen molar-refractivity contribution < 1.29 is 28.3 Å². The second kappa shape index (κ2) is 5.72. The Kier molecular flexibility index (Phi) is 4.10. The van der Waals surface area contributed by atoms with E-state index in [0.29, 0.717) is 5.69 Å². The summed E-state index contributed by atoms with van der Waals surface area (Å²) in [6.07, 6.45) is -1.19. The molecule has 2 saturated heterocycles. The highest BCUT2D eigenvalue weighted by Crippen LogP contribution is 2.36. The Morgan fingerprint density at radius 1 is 1.29 bits per heavy atom. The van der Waals surface area contributed by atoms with Crippen LogP contribution in [0.1, 0.15) is 27.7 Å². The number of aliphatic hydroxyl groups excluding tert-OH is 1. The Morgan fingerprint density at radius 2 is 1.92 bits per heavy atom. The molecule has 2 aliphatic heterocycles. The van der Waals surface area contributed by atoms with Gasteiger partial charge in [0.2, 0.25) is 0 Å². The van der Waals surface area contributed by atoms with Crippen molar-refractivity contribution in [3.63, 3.8) is 0 Å². The van der Waals surface area contributed by atoms with Crippen molar-refractivity contribution >= 4 is 24.4 Å². The standard InChI is InChI=1S/C16H21BFNO5/c1-15(2)16(3,4)24-17(23-15)12-6-5-10(7-13(12)18)19-8-11(9-20)22-14(19)21/h5-7,11,20H,8-9H2,1-4H3/t11-/m1/s1. The third-order valence-corrected chi connectivity index (χ3v) is 4.88. The van der Waals surface area contributed by atoms with Crippen molar-refractivity contribution in [2.24, 2.45) is 0 Å². The summed E-state index contributed by atoms with van der Waals surface area (Å²) in [6.45, 7) is 7.51. The minimum absolute atomic E-state index is 0.185. The summed E-state index contributed by atoms with van der Waals surface area (Å²) in [7, 11) is -0.806. The van der Waals surface area contributed by atoms with Gasteiger partial charge in [0.25, 0.3) is 0 Å². The lowest BCUT2D eigenvalue weighted by Gasteiger charge is -2.32. The van der Waals surface area contributed by atoms with E-state index in [1.807, 2.05) is 27.7 Å². The minimum Gasteiger partial charge on any atom is -0.441 e. The van der Waals surface area contributed by atoms with E-state index in [4.69, 9.17) is 19.2 Å². The van der Waals surface area contributed by atoms with Crippen molar-refractivity contribution in [2.45, 2.75) is 45.0 Å². The zero-order chi connectivity index (χ0) is 17.7. The molecule has 0 saturated carbocycles. The number of halogens is 1. The highest BCUT2D eigenvalue weighted by molar-refractivity contribution is 6.62. The first-order valence-electron chi connectivity index (χ1n) is 7.89. The van der Waals surface area contributed by atoms with Gasteiger partial charge in [-0.25, -0.2) is 9.18 Å². The molecular formula is C16H21BFNO5. The number of amides is 1. The number of rotatable bonds is 3. The third kappa shape index (κ3) is 2.79. The lowest BCUT2D eigenvalue weighted by molar-refractivity contribution is 0.00578. The van der Waals surface area contributed by atoms with Gasteiger partial charge in [-0.2, -0.15) is 0 Å². The van der Waals surface area contributed by atoms with Crippen LogP contribution in [0.4, 0.5) is 14.9 Å². The van der Waals surface area contributed by atoms with Crippen LogP contribution < -0.4 is 10.4 Å². The van der Waals surface area contributed by atoms with Gasteiger partial charge < -0.3 is 19.2 Å². The van der Waals surface area contributed by atoms with Gasteiger partial charge in [-0.3, -0.25) is 4.90 Å². The molecule has 1 atom stereocenters. The van der Waals surface area contributed by atoms with Crippen LogP contribution in [0.5, 0.6) is 0 Å². The molecule has 6 nitrogen and oxygen atoms in total. The third-order valence-electron chi connectivity index (χ3n) is 4.88. The highest BCUT2D eigenvalue weighted by atomic mass is 19.1. The summed E-state index contributed by atoms with van der Waals surface area (Å²) in [5.41, 5.74) is -0.469. The maximum Gasteiger partial charge on any atom is 0.497 e. The van der Waals surface area contributed by atoms with Crippen molar-refractivity contribution in [1.82, 2.24) is 0 Å². The van der Waals surface area contributed by atoms with Crippen LogP contribution in [0.3, 0.4) is 0 Å². The summed E-state index contributed by atoms with van der Waals surface area (Å²) in [5, 5.41) is 9.08. The largest absolute Gasteiger partial charge is 0.497 e. The van der Waals surface area contributed by atoms with E-state index in [1.165, 1.54) is 11.0 Å². The number of cyclic esters (lactones) is 1. The van der Waals surface area contributed by atoms with Crippen LogP contribution in [-0.2, 0) is 14.0 Å². The van der Waals surface area contributed by atoms with E-state index in [9.17, 15) is 9.18 Å². The Bertz CT molecular complexity index is 650. The number of carbonyl (C=O) groups excluding carboxylic acids is 1. The monoisotopic (exact) mass is 337 g/mol. The van der Waals surface area contributed by atoms with Crippen LogP contribution in [0, 0.1) is 5.82 Å². The quantitative estimate of drug-likeness (QED) is 0.846. The summed E-state index contributed by atoms with van der Waals surface area (Å²) in [4.78, 5) is 13.1. The maximum atomic E-state index is 14.6. The van der Waals surface area contributed by atoms with Gasteiger partial charge in [0.15, 0.2) is 0 Å². The molecule has 1 aromatic carbocycles. The molecule has 0 aliphatic carbocycles. The Hall–Kier alpha value is -1.64. The van der Waals surface area contributed by atoms with Crippen molar-refractivity contribution in [3.05, 3.63) is 24.0 Å². The molecule has 0 radical (unpaired) electrons. The molecule has 0 aromatic heterocycles. The smallest absolute Gasteiger partial charge is 0.441 e. The molecule has 1 aromatic rings. The number of anilines is 1. The van der Waals surface area contributed by atoms with Gasteiger partial charge in [-0.05, 0) is 39.8 Å². The Labute approximate surface area is 140 Å². The van der Waals surface area contributed by atoms with E-state index in [-0.39, 0.29) is 18.6 Å². The van der Waals surface area contributed by atoms with Gasteiger partial charge in [-0.1, -0.05) is 6.07 Å². The van der Waals surface area contributed by atoms with Crippen LogP contribution >= 0.6 is 0 Å². The van der Waals surface area contributed by atoms with E-state index in [0.717, 1.165) is 0 Å². The molecule has 0 unspecified atom stereocenters. The fourth-order valence-electron chi connectivity index (χ4n) is 2.67. The lowest BCUT2D eigenvalue weighted by Crippen LogP contribution is -2.41. The molecule has 2 fully saturated rings. The van der Waals surface area contributed by atoms with E-state index in [1.54, 1.807) is 12.1 Å². The van der Waals surface area contributed by atoms with Gasteiger partial charge >= 0.3 is 13.2 Å². The second-order valence-electron chi connectivity index (χ2n) is 7.09. The number of hydrogen-bond acceptors (Lipinski definition) is 5. The zero-order valence-electron chi connectivity index (χ0n) is 14.2. The first kappa shape index (κ1) is 17.2. The molecule has 0 bridgehead atoms. The molecule has 1 N–H and O–H groups in total. The fourth-order valence-corrected chi connectivity index (χ4v) is 2.67. The van der Waals surface area contributed by atoms with E-state index < -0.39 is 36.3 Å². The summed E-state index contributed by atoms with van der Waals surface area (Å²) < 4.78 is 31.2. The molecule has 24 heavy (non-hydrogen) atoms. The van der Waals surface area contributed by atoms with Crippen molar-refractivity contribution in [1.29, 1.82) is 0 Å². The highest BCUT2D eigenvalue weighted by Gasteiger charge is 2.52. The van der Waals surface area contributed by atoms with Gasteiger partial charge in [0.05, 0.1) is 30.0 Å². The van der Waals surface area contributed by atoms with Gasteiger partial charge in [0, 0.05) is 5.46 Å². The predicted molar refractivity (Wildman–Crippen MR) is 86.8 cm³/mol. The maximum absolute atomic E-state index is 14.6. The van der Waals surface area contributed by atoms with Gasteiger partial charge in [0.1, 0.15) is 11.9 Å². The number of carbonyl (C=O) groups is 1. The Morgan fingerprint density at radius 3 is 2.42 bits per heavy atom. The molecule has 130 valence electrons. The molecule has 0 spiro atoms. The average Bonchev–Trinajstić information content (AvgIpc) is 2.96. The van der Waals surface area contributed by atoms with Crippen molar-refractivity contribution in [2.75, 3.05) is 18.1 Å². The second-order valence-corrected chi connectivity index (χ2v) is 7.09. The van der Waals surface area contributed by atoms with E-state index >= 15 is 0 Å². The molecule has 8 heteroatoms. The average molecular weight is 337 g/mol. The van der Waals surface area contributed by atoms with Crippen molar-refractivity contribution in [3.8, 4) is 0 Å². The summed E-state index contributed by atoms with van der Waals surface area (Å²) in [6, 6.07) is 4.41. The topological polar surface area (TPSA) is 68.2 Å². The number of nitrogens with zero attached hydrogens (tertiary/aromatic N) is 1. The number of hydrogen-bond donors (Lipinski definition) is 1. The normalized spacial score (nSPS) is 25.2. The molecular weight excluding hydrogens is 316 g/mol. The fraction of sp³-hybridized carbons (Fsp3) is 0.562. The minimum atomic E-state index is -0.806. The molecule has 3 rings (SSSR count). The molecule has 1 amide bonds.